The van der Waals surface area contributed by atoms with Gasteiger partial charge in [0.15, 0.2) is 5.78 Å². The number of hydrogen-bond acceptors (Lipinski definition) is 6. The molecule has 206 valence electrons. The molecule has 9 heteroatoms. The second-order valence-electron chi connectivity index (χ2n) is 8.63. The molecule has 0 rings (SSSR count). The first-order valence-electron chi connectivity index (χ1n) is 13.6. The van der Waals surface area contributed by atoms with E-state index in [-0.39, 0.29) is 23.5 Å². The third-order valence-corrected chi connectivity index (χ3v) is 5.51. The van der Waals surface area contributed by atoms with Gasteiger partial charge in [0.05, 0.1) is 6.04 Å². The highest BCUT2D eigenvalue weighted by Crippen LogP contribution is 2.07. The Morgan fingerprint density at radius 3 is 1.83 bits per heavy atom. The van der Waals surface area contributed by atoms with Crippen molar-refractivity contribution in [3.63, 3.8) is 0 Å². The second kappa shape index (κ2) is 25.1. The number of nitrogens with two attached hydrogens (primary N) is 2. The van der Waals surface area contributed by atoms with Crippen molar-refractivity contribution in [1.82, 2.24) is 16.0 Å². The Kier molecular flexibility index (Phi) is 25.2. The third kappa shape index (κ3) is 21.0. The normalized spacial score (nSPS) is 12.1. The Labute approximate surface area is 213 Å². The van der Waals surface area contributed by atoms with E-state index in [9.17, 15) is 19.2 Å². The summed E-state index contributed by atoms with van der Waals surface area (Å²) in [6.07, 6.45) is 9.08. The van der Waals surface area contributed by atoms with Gasteiger partial charge >= 0.3 is 0 Å². The summed E-state index contributed by atoms with van der Waals surface area (Å²) in [7, 11) is 0. The molecule has 2 unspecified atom stereocenters. The standard InChI is InChI=1S/C24H47N5O4.C2H6/c1-3-4-5-15-23(32)28-21(13-8-11-18-27-22(31)14-7-10-17-26)24(33)29-20(19(2)30)12-6-9-16-25;1-2/h20-21H,3-18,25-26H2,1-2H3,(H,27,31)(H,28,32)(H,29,33);1-2H3. The second-order valence-corrected chi connectivity index (χ2v) is 8.63. The van der Waals surface area contributed by atoms with Gasteiger partial charge in [0.2, 0.25) is 17.7 Å². The number of Topliss-reactive ketones (excluding diaryl/α,β-unsaturated/α-hetero) is 1. The predicted molar refractivity (Wildman–Crippen MR) is 143 cm³/mol. The molecule has 9 nitrogen and oxygen atoms in total. The van der Waals surface area contributed by atoms with Crippen molar-refractivity contribution in [1.29, 1.82) is 0 Å². The first kappa shape index (κ1) is 35.2. The molecule has 7 N–H and O–H groups in total. The van der Waals surface area contributed by atoms with Crippen molar-refractivity contribution in [2.75, 3.05) is 19.6 Å². The fourth-order valence-corrected chi connectivity index (χ4v) is 3.43. The minimum absolute atomic E-state index is 0.00347. The highest BCUT2D eigenvalue weighted by molar-refractivity contribution is 5.92. The Morgan fingerprint density at radius 2 is 1.23 bits per heavy atom. The Bertz CT molecular complexity index is 572. The SMILES string of the molecule is CC.CCCCCC(=O)NC(CCCCNC(=O)CCCCN)C(=O)NC(CCCCN)C(C)=O. The molecule has 0 bridgehead atoms. The number of carbonyl (C=O) groups excluding carboxylic acids is 4. The molecule has 35 heavy (non-hydrogen) atoms. The number of amides is 3. The fourth-order valence-electron chi connectivity index (χ4n) is 3.43. The van der Waals surface area contributed by atoms with E-state index in [0.717, 1.165) is 44.9 Å². The van der Waals surface area contributed by atoms with Crippen LogP contribution in [0, 0.1) is 0 Å². The maximum atomic E-state index is 12.9. The number of unbranched alkanes of at least 4 members (excludes halogenated alkanes) is 5. The summed E-state index contributed by atoms with van der Waals surface area (Å²) in [5.41, 5.74) is 11.0. The predicted octanol–water partition coefficient (Wildman–Crippen LogP) is 2.70. The number of nitrogens with one attached hydrogen (secondary N) is 3. The zero-order valence-corrected chi connectivity index (χ0v) is 22.8. The average Bonchev–Trinajstić information content (AvgIpc) is 2.84. The molecule has 0 fully saturated rings. The van der Waals surface area contributed by atoms with Crippen molar-refractivity contribution >= 4 is 23.5 Å². The molecule has 0 aromatic rings. The molecule has 0 saturated heterocycles. The van der Waals surface area contributed by atoms with Crippen LogP contribution < -0.4 is 27.4 Å². The van der Waals surface area contributed by atoms with Gasteiger partial charge in [-0.3, -0.25) is 19.2 Å². The number of hydrogen-bond donors (Lipinski definition) is 5. The minimum Gasteiger partial charge on any atom is -0.356 e. The van der Waals surface area contributed by atoms with E-state index in [1.54, 1.807) is 0 Å². The molecular weight excluding hydrogens is 446 g/mol. The zero-order valence-electron chi connectivity index (χ0n) is 22.8. The molecule has 0 heterocycles. The van der Waals surface area contributed by atoms with Gasteiger partial charge in [0.25, 0.3) is 0 Å². The summed E-state index contributed by atoms with van der Waals surface area (Å²) in [4.78, 5) is 49.0. The van der Waals surface area contributed by atoms with E-state index in [4.69, 9.17) is 11.5 Å². The van der Waals surface area contributed by atoms with Crippen molar-refractivity contribution in [2.45, 2.75) is 123 Å². The quantitative estimate of drug-likeness (QED) is 0.153. The van der Waals surface area contributed by atoms with Crippen LogP contribution in [0.2, 0.25) is 0 Å². The highest BCUT2D eigenvalue weighted by Gasteiger charge is 2.24. The van der Waals surface area contributed by atoms with E-state index < -0.39 is 12.1 Å². The first-order chi connectivity index (χ1) is 16.8. The van der Waals surface area contributed by atoms with Gasteiger partial charge in [-0.2, -0.15) is 0 Å². The van der Waals surface area contributed by atoms with Crippen LogP contribution in [0.5, 0.6) is 0 Å². The molecule has 0 aromatic heterocycles. The summed E-state index contributed by atoms with van der Waals surface area (Å²) >= 11 is 0. The third-order valence-electron chi connectivity index (χ3n) is 5.51. The smallest absolute Gasteiger partial charge is 0.243 e. The maximum absolute atomic E-state index is 12.9. The van der Waals surface area contributed by atoms with Crippen LogP contribution in [0.3, 0.4) is 0 Å². The molecule has 0 aliphatic rings. The minimum atomic E-state index is -0.698. The molecule has 0 spiro atoms. The Morgan fingerprint density at radius 1 is 0.686 bits per heavy atom. The van der Waals surface area contributed by atoms with E-state index in [2.05, 4.69) is 22.9 Å². The van der Waals surface area contributed by atoms with Crippen LogP contribution in [0.25, 0.3) is 0 Å². The molecule has 0 aliphatic heterocycles. The van der Waals surface area contributed by atoms with Gasteiger partial charge in [0, 0.05) is 19.4 Å². The monoisotopic (exact) mass is 499 g/mol. The first-order valence-corrected chi connectivity index (χ1v) is 13.6. The highest BCUT2D eigenvalue weighted by atomic mass is 16.2. The largest absolute Gasteiger partial charge is 0.356 e. The molecule has 0 aliphatic carbocycles. The van der Waals surface area contributed by atoms with E-state index in [1.807, 2.05) is 13.8 Å². The average molecular weight is 500 g/mol. The Balaban J connectivity index is 0. The van der Waals surface area contributed by atoms with Crippen LogP contribution in [0.1, 0.15) is 111 Å². The van der Waals surface area contributed by atoms with Crippen molar-refractivity contribution < 1.29 is 19.2 Å². The number of carbonyl (C=O) groups is 4. The molecule has 0 aromatic carbocycles. The lowest BCUT2D eigenvalue weighted by molar-refractivity contribution is -0.131. The lowest BCUT2D eigenvalue weighted by atomic mass is 10.0. The summed E-state index contributed by atoms with van der Waals surface area (Å²) < 4.78 is 0. The maximum Gasteiger partial charge on any atom is 0.243 e. The van der Waals surface area contributed by atoms with Gasteiger partial charge < -0.3 is 27.4 Å². The van der Waals surface area contributed by atoms with Crippen LogP contribution in [0.15, 0.2) is 0 Å². The lowest BCUT2D eigenvalue weighted by Gasteiger charge is -2.22. The van der Waals surface area contributed by atoms with Crippen LogP contribution >= 0.6 is 0 Å². The van der Waals surface area contributed by atoms with E-state index in [1.165, 1.54) is 6.92 Å². The summed E-state index contributed by atoms with van der Waals surface area (Å²) in [5.74, 6) is -0.591. The van der Waals surface area contributed by atoms with Gasteiger partial charge in [-0.25, -0.2) is 0 Å². The number of rotatable bonds is 21. The van der Waals surface area contributed by atoms with Crippen molar-refractivity contribution in [3.05, 3.63) is 0 Å². The molecule has 2 atom stereocenters. The molecule has 0 saturated carbocycles. The fraction of sp³-hybridized carbons (Fsp3) is 0.846. The lowest BCUT2D eigenvalue weighted by Crippen LogP contribution is -2.51. The van der Waals surface area contributed by atoms with Gasteiger partial charge in [-0.1, -0.05) is 33.6 Å². The summed E-state index contributed by atoms with van der Waals surface area (Å²) in [6.45, 7) is 9.17. The van der Waals surface area contributed by atoms with Gasteiger partial charge in [-0.05, 0) is 77.8 Å². The van der Waals surface area contributed by atoms with E-state index in [0.29, 0.717) is 58.2 Å². The summed E-state index contributed by atoms with van der Waals surface area (Å²) in [6, 6.07) is -1.27. The number of ketones is 1. The topological polar surface area (TPSA) is 156 Å². The Hall–Kier alpha value is -2.00. The van der Waals surface area contributed by atoms with Gasteiger partial charge in [0.1, 0.15) is 6.04 Å². The van der Waals surface area contributed by atoms with E-state index >= 15 is 0 Å². The van der Waals surface area contributed by atoms with Crippen LogP contribution in [-0.4, -0.2) is 55.2 Å². The van der Waals surface area contributed by atoms with Gasteiger partial charge in [-0.15, -0.1) is 0 Å². The van der Waals surface area contributed by atoms with Crippen LogP contribution in [-0.2, 0) is 19.2 Å². The molecule has 0 radical (unpaired) electrons. The van der Waals surface area contributed by atoms with Crippen molar-refractivity contribution in [3.8, 4) is 0 Å². The molecular formula is C26H53N5O4. The zero-order chi connectivity index (χ0) is 26.9. The summed E-state index contributed by atoms with van der Waals surface area (Å²) in [5, 5.41) is 8.52. The van der Waals surface area contributed by atoms with Crippen LogP contribution in [0.4, 0.5) is 0 Å². The van der Waals surface area contributed by atoms with Crippen molar-refractivity contribution in [2.24, 2.45) is 11.5 Å². The molecule has 3 amide bonds.